The summed E-state index contributed by atoms with van der Waals surface area (Å²) in [5, 5.41) is 2.63. The average Bonchev–Trinajstić information content (AvgIpc) is 3.08. The molecule has 2 aromatic rings. The van der Waals surface area contributed by atoms with Crippen molar-refractivity contribution in [2.45, 2.75) is 6.92 Å². The molecule has 0 bridgehead atoms. The van der Waals surface area contributed by atoms with E-state index < -0.39 is 11.9 Å². The van der Waals surface area contributed by atoms with Crippen molar-refractivity contribution in [3.05, 3.63) is 48.0 Å². The maximum atomic E-state index is 11.9. The minimum atomic E-state index is -0.580. The van der Waals surface area contributed by atoms with Crippen molar-refractivity contribution in [1.82, 2.24) is 0 Å². The van der Waals surface area contributed by atoms with Gasteiger partial charge in [0.25, 0.3) is 5.91 Å². The van der Waals surface area contributed by atoms with Crippen molar-refractivity contribution < 1.29 is 28.5 Å². The number of esters is 1. The Labute approximate surface area is 144 Å². The molecule has 25 heavy (non-hydrogen) atoms. The minimum absolute atomic E-state index is 0.159. The number of ether oxygens (including phenoxy) is 4. The number of carbonyl (C=O) groups is 2. The average molecular weight is 343 g/mol. The van der Waals surface area contributed by atoms with Gasteiger partial charge in [0.05, 0.1) is 12.2 Å². The van der Waals surface area contributed by atoms with Crippen LogP contribution in [0.15, 0.2) is 42.5 Å². The number of rotatable bonds is 6. The molecule has 1 aliphatic rings. The maximum absolute atomic E-state index is 11.9. The number of nitrogens with one attached hydrogen (secondary N) is 1. The molecule has 3 rings (SSSR count). The summed E-state index contributed by atoms with van der Waals surface area (Å²) in [5.41, 5.74) is 0.880. The smallest absolute Gasteiger partial charge is 0.338 e. The second-order valence-electron chi connectivity index (χ2n) is 5.15. The van der Waals surface area contributed by atoms with E-state index in [-0.39, 0.29) is 13.4 Å². The van der Waals surface area contributed by atoms with Crippen LogP contribution >= 0.6 is 0 Å². The van der Waals surface area contributed by atoms with Gasteiger partial charge in [-0.3, -0.25) is 4.79 Å². The summed E-state index contributed by atoms with van der Waals surface area (Å²) >= 11 is 0. The Hall–Kier alpha value is -3.22. The van der Waals surface area contributed by atoms with Gasteiger partial charge in [0.1, 0.15) is 5.75 Å². The summed E-state index contributed by atoms with van der Waals surface area (Å²) in [6.07, 6.45) is 0. The largest absolute Gasteiger partial charge is 0.494 e. The van der Waals surface area contributed by atoms with Crippen LogP contribution in [0, 0.1) is 0 Å². The number of hydrogen-bond donors (Lipinski definition) is 1. The number of anilines is 1. The van der Waals surface area contributed by atoms with Crippen molar-refractivity contribution in [3.8, 4) is 17.2 Å². The molecule has 1 amide bonds. The van der Waals surface area contributed by atoms with Crippen molar-refractivity contribution >= 4 is 17.6 Å². The van der Waals surface area contributed by atoms with Crippen LogP contribution in [0.25, 0.3) is 0 Å². The van der Waals surface area contributed by atoms with Crippen molar-refractivity contribution in [3.63, 3.8) is 0 Å². The zero-order valence-electron chi connectivity index (χ0n) is 13.6. The van der Waals surface area contributed by atoms with Crippen molar-refractivity contribution in [1.29, 1.82) is 0 Å². The number of benzene rings is 2. The normalized spacial score (nSPS) is 11.7. The van der Waals surface area contributed by atoms with Gasteiger partial charge in [-0.25, -0.2) is 4.79 Å². The van der Waals surface area contributed by atoms with E-state index in [0.29, 0.717) is 35.1 Å². The van der Waals surface area contributed by atoms with E-state index in [1.54, 1.807) is 42.5 Å². The van der Waals surface area contributed by atoms with Gasteiger partial charge in [-0.15, -0.1) is 0 Å². The molecule has 0 unspecified atom stereocenters. The quantitative estimate of drug-likeness (QED) is 0.812. The molecule has 1 N–H and O–H groups in total. The summed E-state index contributed by atoms with van der Waals surface area (Å²) in [6.45, 7) is 2.19. The van der Waals surface area contributed by atoms with Crippen LogP contribution in [0.1, 0.15) is 17.3 Å². The van der Waals surface area contributed by atoms with Gasteiger partial charge in [0.2, 0.25) is 6.79 Å². The third-order valence-corrected chi connectivity index (χ3v) is 3.39. The fraction of sp³-hybridized carbons (Fsp3) is 0.222. The summed E-state index contributed by atoms with van der Waals surface area (Å²) in [6, 6.07) is 11.5. The summed E-state index contributed by atoms with van der Waals surface area (Å²) in [5.74, 6) is 0.825. The molecular weight excluding hydrogens is 326 g/mol. The lowest BCUT2D eigenvalue weighted by Crippen LogP contribution is -2.20. The number of amides is 1. The van der Waals surface area contributed by atoms with Gasteiger partial charge in [0.15, 0.2) is 18.1 Å². The van der Waals surface area contributed by atoms with Gasteiger partial charge in [-0.2, -0.15) is 0 Å². The highest BCUT2D eigenvalue weighted by molar-refractivity contribution is 5.95. The first-order valence-corrected chi connectivity index (χ1v) is 7.75. The molecule has 0 fully saturated rings. The summed E-state index contributed by atoms with van der Waals surface area (Å²) < 4.78 is 20.7. The monoisotopic (exact) mass is 343 g/mol. The highest BCUT2D eigenvalue weighted by Crippen LogP contribution is 2.34. The zero-order chi connectivity index (χ0) is 17.6. The number of carbonyl (C=O) groups excluding carboxylic acids is 2. The molecule has 7 heteroatoms. The van der Waals surface area contributed by atoms with Crippen LogP contribution in [-0.2, 0) is 9.53 Å². The van der Waals surface area contributed by atoms with Crippen molar-refractivity contribution in [2.75, 3.05) is 25.3 Å². The molecule has 0 saturated heterocycles. The first kappa shape index (κ1) is 16.6. The van der Waals surface area contributed by atoms with Crippen molar-refractivity contribution in [2.24, 2.45) is 0 Å². The summed E-state index contributed by atoms with van der Waals surface area (Å²) in [7, 11) is 0. The third-order valence-electron chi connectivity index (χ3n) is 3.39. The standard InChI is InChI=1S/C18H17NO6/c1-2-22-14-6-3-12(4-7-14)18(21)23-10-17(20)19-13-5-8-15-16(9-13)25-11-24-15/h3-9H,2,10-11H2,1H3,(H,19,20). The predicted molar refractivity (Wildman–Crippen MR) is 89.1 cm³/mol. The number of hydrogen-bond acceptors (Lipinski definition) is 6. The highest BCUT2D eigenvalue weighted by Gasteiger charge is 2.15. The molecule has 0 saturated carbocycles. The lowest BCUT2D eigenvalue weighted by atomic mass is 10.2. The lowest BCUT2D eigenvalue weighted by Gasteiger charge is -2.08. The Kier molecular flexibility index (Phi) is 5.03. The number of fused-ring (bicyclic) bond motifs is 1. The fourth-order valence-corrected chi connectivity index (χ4v) is 2.24. The fourth-order valence-electron chi connectivity index (χ4n) is 2.24. The van der Waals surface area contributed by atoms with Gasteiger partial charge >= 0.3 is 5.97 Å². The Morgan fingerprint density at radius 2 is 1.84 bits per heavy atom. The van der Waals surface area contributed by atoms with Crippen LogP contribution in [-0.4, -0.2) is 31.9 Å². The molecule has 0 spiro atoms. The van der Waals surface area contributed by atoms with E-state index in [1.807, 2.05) is 6.92 Å². The first-order valence-electron chi connectivity index (χ1n) is 7.75. The van der Waals surface area contributed by atoms with Crippen LogP contribution < -0.4 is 19.5 Å². The second kappa shape index (κ2) is 7.57. The molecule has 2 aromatic carbocycles. The molecule has 0 aliphatic carbocycles. The summed E-state index contributed by atoms with van der Waals surface area (Å²) in [4.78, 5) is 23.9. The van der Waals surface area contributed by atoms with E-state index in [9.17, 15) is 9.59 Å². The third kappa shape index (κ3) is 4.20. The van der Waals surface area contributed by atoms with Gasteiger partial charge < -0.3 is 24.3 Å². The van der Waals surface area contributed by atoms with Crippen LogP contribution in [0.5, 0.6) is 17.2 Å². The topological polar surface area (TPSA) is 83.1 Å². The van der Waals surface area contributed by atoms with Gasteiger partial charge in [-0.1, -0.05) is 0 Å². The Morgan fingerprint density at radius 1 is 1.08 bits per heavy atom. The Morgan fingerprint density at radius 3 is 2.60 bits per heavy atom. The lowest BCUT2D eigenvalue weighted by molar-refractivity contribution is -0.119. The zero-order valence-corrected chi connectivity index (χ0v) is 13.6. The molecular formula is C18H17NO6. The Balaban J connectivity index is 1.50. The highest BCUT2D eigenvalue weighted by atomic mass is 16.7. The molecule has 7 nitrogen and oxygen atoms in total. The minimum Gasteiger partial charge on any atom is -0.494 e. The van der Waals surface area contributed by atoms with Crippen LogP contribution in [0.2, 0.25) is 0 Å². The molecule has 1 heterocycles. The Bertz CT molecular complexity index is 772. The molecule has 1 aliphatic heterocycles. The molecule has 130 valence electrons. The van der Waals surface area contributed by atoms with E-state index in [0.717, 1.165) is 0 Å². The van der Waals surface area contributed by atoms with E-state index in [2.05, 4.69) is 5.32 Å². The molecule has 0 radical (unpaired) electrons. The molecule has 0 aromatic heterocycles. The van der Waals surface area contributed by atoms with E-state index in [4.69, 9.17) is 18.9 Å². The maximum Gasteiger partial charge on any atom is 0.338 e. The first-order chi connectivity index (χ1) is 12.2. The van der Waals surface area contributed by atoms with E-state index >= 15 is 0 Å². The second-order valence-corrected chi connectivity index (χ2v) is 5.15. The van der Waals surface area contributed by atoms with Crippen LogP contribution in [0.3, 0.4) is 0 Å². The predicted octanol–water partition coefficient (Wildman–Crippen LogP) is 2.61. The molecule has 0 atom stereocenters. The SMILES string of the molecule is CCOc1ccc(C(=O)OCC(=O)Nc2ccc3c(c2)OCO3)cc1. The van der Waals surface area contributed by atoms with Gasteiger partial charge in [0, 0.05) is 11.8 Å². The van der Waals surface area contributed by atoms with Gasteiger partial charge in [-0.05, 0) is 43.3 Å². The van der Waals surface area contributed by atoms with Crippen LogP contribution in [0.4, 0.5) is 5.69 Å². The van der Waals surface area contributed by atoms with E-state index in [1.165, 1.54) is 0 Å².